The van der Waals surface area contributed by atoms with Crippen molar-refractivity contribution in [3.63, 3.8) is 0 Å². The van der Waals surface area contributed by atoms with Gasteiger partial charge in [0, 0.05) is 37.0 Å². The molecule has 2 aromatic carbocycles. The fraction of sp³-hybridized carbons (Fsp3) is 0.379. The minimum absolute atomic E-state index is 0.0523. The smallest absolute Gasteiger partial charge is 0.419 e. The standard InChI is InChI=1S/C29H30F4N6O3/c1-3-4-14-42-28(40)38-13-5-6-19(17-38)35-27-34-12-11-25(37-27)39-24-10-8-20(41-2)16-23(24)36-26(39)18-7-9-22(30)21(15-18)29(31,32)33/h7-12,15-16,19H,3-6,13-14,17H2,1-2H3,(H,34,35,37). The van der Waals surface area contributed by atoms with Crippen LogP contribution in [0.15, 0.2) is 48.7 Å². The Bertz CT molecular complexity index is 1580. The quantitative estimate of drug-likeness (QED) is 0.187. The number of nitrogens with one attached hydrogen (secondary N) is 1. The molecule has 1 saturated heterocycles. The van der Waals surface area contributed by atoms with Crippen LogP contribution in [0, 0.1) is 5.82 Å². The van der Waals surface area contributed by atoms with E-state index in [0.717, 1.165) is 37.8 Å². The molecule has 222 valence electrons. The van der Waals surface area contributed by atoms with Gasteiger partial charge in [0.05, 0.1) is 30.3 Å². The lowest BCUT2D eigenvalue weighted by atomic mass is 10.1. The highest BCUT2D eigenvalue weighted by Crippen LogP contribution is 2.36. The predicted molar refractivity (Wildman–Crippen MR) is 148 cm³/mol. The molecule has 42 heavy (non-hydrogen) atoms. The average Bonchev–Trinajstić information content (AvgIpc) is 3.36. The van der Waals surface area contributed by atoms with E-state index in [-0.39, 0.29) is 29.5 Å². The second kappa shape index (κ2) is 12.2. The van der Waals surface area contributed by atoms with Crippen LogP contribution in [0.4, 0.5) is 28.3 Å². The van der Waals surface area contributed by atoms with E-state index < -0.39 is 17.6 Å². The number of fused-ring (bicyclic) bond motifs is 1. The normalized spacial score (nSPS) is 15.6. The molecule has 5 rings (SSSR count). The molecular weight excluding hydrogens is 556 g/mol. The SMILES string of the molecule is CCCCOC(=O)N1CCCC(Nc2nccc(-n3c(-c4ccc(F)c(C(F)(F)F)c4)nc4cc(OC)ccc43)n2)C1. The Kier molecular flexibility index (Phi) is 8.46. The van der Waals surface area contributed by atoms with E-state index in [0.29, 0.717) is 42.3 Å². The molecule has 9 nitrogen and oxygen atoms in total. The molecule has 0 radical (unpaired) electrons. The second-order valence-corrected chi connectivity index (χ2v) is 9.95. The van der Waals surface area contributed by atoms with E-state index in [1.54, 1.807) is 33.7 Å². The first-order chi connectivity index (χ1) is 20.2. The summed E-state index contributed by atoms with van der Waals surface area (Å²) in [7, 11) is 1.49. The van der Waals surface area contributed by atoms with Crippen LogP contribution in [-0.2, 0) is 10.9 Å². The second-order valence-electron chi connectivity index (χ2n) is 9.95. The molecule has 0 saturated carbocycles. The Morgan fingerprint density at radius 3 is 2.74 bits per heavy atom. The summed E-state index contributed by atoms with van der Waals surface area (Å²) in [4.78, 5) is 27.7. The zero-order valence-corrected chi connectivity index (χ0v) is 23.1. The Morgan fingerprint density at radius 2 is 1.98 bits per heavy atom. The molecule has 1 fully saturated rings. The number of unbranched alkanes of at least 4 members (excludes halogenated alkanes) is 1. The number of methoxy groups -OCH3 is 1. The summed E-state index contributed by atoms with van der Waals surface area (Å²) >= 11 is 0. The largest absolute Gasteiger partial charge is 0.497 e. The van der Waals surface area contributed by atoms with E-state index in [4.69, 9.17) is 9.47 Å². The van der Waals surface area contributed by atoms with Gasteiger partial charge in [-0.15, -0.1) is 0 Å². The molecule has 4 aromatic rings. The number of anilines is 1. The van der Waals surface area contributed by atoms with Gasteiger partial charge >= 0.3 is 12.3 Å². The maximum atomic E-state index is 14.1. The minimum atomic E-state index is -4.89. The summed E-state index contributed by atoms with van der Waals surface area (Å²) in [6.07, 6.45) is -0.442. The van der Waals surface area contributed by atoms with Gasteiger partial charge in [-0.05, 0) is 55.7 Å². The van der Waals surface area contributed by atoms with E-state index in [9.17, 15) is 22.4 Å². The minimum Gasteiger partial charge on any atom is -0.497 e. The molecule has 13 heteroatoms. The number of hydrogen-bond donors (Lipinski definition) is 1. The molecule has 1 N–H and O–H groups in total. The van der Waals surface area contributed by atoms with Gasteiger partial charge in [-0.1, -0.05) is 13.3 Å². The molecule has 3 heterocycles. The van der Waals surface area contributed by atoms with E-state index in [1.807, 2.05) is 6.92 Å². The van der Waals surface area contributed by atoms with Gasteiger partial charge in [0.15, 0.2) is 0 Å². The highest BCUT2D eigenvalue weighted by Gasteiger charge is 2.35. The van der Waals surface area contributed by atoms with Crippen LogP contribution in [0.1, 0.15) is 38.2 Å². The van der Waals surface area contributed by atoms with Gasteiger partial charge in [0.25, 0.3) is 0 Å². The summed E-state index contributed by atoms with van der Waals surface area (Å²) in [6, 6.07) is 9.30. The molecule has 2 aromatic heterocycles. The third kappa shape index (κ3) is 6.24. The number of hydrogen-bond acceptors (Lipinski definition) is 7. The van der Waals surface area contributed by atoms with Crippen molar-refractivity contribution in [3.05, 3.63) is 60.0 Å². The molecule has 1 amide bonds. The van der Waals surface area contributed by atoms with Gasteiger partial charge in [0.2, 0.25) is 5.95 Å². The summed E-state index contributed by atoms with van der Waals surface area (Å²) < 4.78 is 67.0. The number of ether oxygens (including phenoxy) is 2. The number of benzene rings is 2. The summed E-state index contributed by atoms with van der Waals surface area (Å²) in [5, 5.41) is 3.27. The van der Waals surface area contributed by atoms with Crippen molar-refractivity contribution < 1.29 is 31.8 Å². The third-order valence-corrected chi connectivity index (χ3v) is 7.00. The number of likely N-dealkylation sites (tertiary alicyclic amines) is 1. The van der Waals surface area contributed by atoms with Gasteiger partial charge in [-0.3, -0.25) is 4.57 Å². The topological polar surface area (TPSA) is 94.4 Å². The van der Waals surface area contributed by atoms with Crippen LogP contribution in [0.5, 0.6) is 5.75 Å². The van der Waals surface area contributed by atoms with Gasteiger partial charge in [0.1, 0.15) is 23.2 Å². The molecule has 0 bridgehead atoms. The van der Waals surface area contributed by atoms with Crippen molar-refractivity contribution in [1.29, 1.82) is 0 Å². The molecular formula is C29H30F4N6O3. The fourth-order valence-electron chi connectivity index (χ4n) is 4.88. The van der Waals surface area contributed by atoms with Gasteiger partial charge < -0.3 is 19.7 Å². The van der Waals surface area contributed by atoms with Gasteiger partial charge in [-0.2, -0.15) is 18.2 Å². The summed E-state index contributed by atoms with van der Waals surface area (Å²) in [5.41, 5.74) is -0.348. The molecule has 0 aliphatic carbocycles. The number of imidazole rings is 1. The van der Waals surface area contributed by atoms with Crippen molar-refractivity contribution in [2.75, 3.05) is 32.1 Å². The van der Waals surface area contributed by atoms with Crippen LogP contribution in [0.2, 0.25) is 0 Å². The number of alkyl halides is 3. The third-order valence-electron chi connectivity index (χ3n) is 7.00. The van der Waals surface area contributed by atoms with Crippen molar-refractivity contribution in [2.45, 2.75) is 44.8 Å². The van der Waals surface area contributed by atoms with Crippen LogP contribution in [0.3, 0.4) is 0 Å². The number of amides is 1. The van der Waals surface area contributed by atoms with Crippen LogP contribution in [0.25, 0.3) is 28.2 Å². The molecule has 1 atom stereocenters. The number of aromatic nitrogens is 4. The lowest BCUT2D eigenvalue weighted by molar-refractivity contribution is -0.139. The number of halogens is 4. The van der Waals surface area contributed by atoms with Crippen LogP contribution >= 0.6 is 0 Å². The van der Waals surface area contributed by atoms with Crippen molar-refractivity contribution in [3.8, 4) is 23.0 Å². The molecule has 1 aliphatic heterocycles. The van der Waals surface area contributed by atoms with Crippen molar-refractivity contribution >= 4 is 23.1 Å². The Labute approximate surface area is 239 Å². The number of carbonyl (C=O) groups excluding carboxylic acids is 1. The Morgan fingerprint density at radius 1 is 1.14 bits per heavy atom. The number of rotatable bonds is 8. The average molecular weight is 587 g/mol. The number of carbonyl (C=O) groups is 1. The molecule has 0 spiro atoms. The maximum absolute atomic E-state index is 14.1. The van der Waals surface area contributed by atoms with E-state index in [1.165, 1.54) is 19.4 Å². The highest BCUT2D eigenvalue weighted by atomic mass is 19.4. The molecule has 1 unspecified atom stereocenters. The van der Waals surface area contributed by atoms with Crippen LogP contribution < -0.4 is 10.1 Å². The zero-order chi connectivity index (χ0) is 29.9. The summed E-state index contributed by atoms with van der Waals surface area (Å²) in [5.74, 6) is -0.129. The molecule has 1 aliphatic rings. The van der Waals surface area contributed by atoms with E-state index in [2.05, 4.69) is 20.3 Å². The summed E-state index contributed by atoms with van der Waals surface area (Å²) in [6.45, 7) is 3.40. The zero-order valence-electron chi connectivity index (χ0n) is 23.1. The Balaban J connectivity index is 1.49. The van der Waals surface area contributed by atoms with Crippen molar-refractivity contribution in [1.82, 2.24) is 24.4 Å². The lowest BCUT2D eigenvalue weighted by Gasteiger charge is -2.32. The Hall–Kier alpha value is -4.42. The first kappa shape index (κ1) is 29.1. The first-order valence-electron chi connectivity index (χ1n) is 13.6. The van der Waals surface area contributed by atoms with Gasteiger partial charge in [-0.25, -0.2) is 19.2 Å². The van der Waals surface area contributed by atoms with Crippen molar-refractivity contribution in [2.24, 2.45) is 0 Å². The predicted octanol–water partition coefficient (Wildman–Crippen LogP) is 6.46. The number of nitrogens with zero attached hydrogens (tertiary/aromatic N) is 5. The lowest BCUT2D eigenvalue weighted by Crippen LogP contribution is -2.45. The first-order valence-corrected chi connectivity index (χ1v) is 13.6. The maximum Gasteiger partial charge on any atom is 0.419 e. The monoisotopic (exact) mass is 586 g/mol. The highest BCUT2D eigenvalue weighted by molar-refractivity contribution is 5.84. The van der Waals surface area contributed by atoms with E-state index >= 15 is 0 Å². The number of piperidine rings is 1. The van der Waals surface area contributed by atoms with Crippen LogP contribution in [-0.4, -0.2) is 63.4 Å². The fourth-order valence-corrected chi connectivity index (χ4v) is 4.88.